The molecule has 0 radical (unpaired) electrons. The minimum atomic E-state index is 0.533. The number of halogens is 1. The van der Waals surface area contributed by atoms with Crippen LogP contribution < -0.4 is 4.74 Å². The Kier molecular flexibility index (Phi) is 4.63. The minimum absolute atomic E-state index is 0.533. The van der Waals surface area contributed by atoms with Crippen molar-refractivity contribution < 1.29 is 4.74 Å². The molecule has 1 rings (SSSR count). The summed E-state index contributed by atoms with van der Waals surface area (Å²) in [7, 11) is 1.68. The summed E-state index contributed by atoms with van der Waals surface area (Å²) in [5.41, 5.74) is 1.15. The van der Waals surface area contributed by atoms with E-state index < -0.39 is 0 Å². The van der Waals surface area contributed by atoms with Crippen LogP contribution >= 0.6 is 24.2 Å². The molecule has 1 nitrogen and oxygen atoms in total. The smallest absolute Gasteiger partial charge is 0.122 e. The molecule has 0 aromatic heterocycles. The van der Waals surface area contributed by atoms with Gasteiger partial charge in [-0.15, -0.1) is 0 Å². The Labute approximate surface area is 95.8 Å². The molecule has 0 saturated carbocycles. The Morgan fingerprint density at radius 2 is 2.21 bits per heavy atom. The summed E-state index contributed by atoms with van der Waals surface area (Å²) in [5, 5.41) is 0.757. The standard InChI is InChI=1S/C11H15ClOS/c1-8(7-14)5-9-6-10(12)3-4-11(9)13-2/h3-4,6,8,14H,5,7H2,1-2H3. The van der Waals surface area contributed by atoms with E-state index in [9.17, 15) is 0 Å². The first kappa shape index (κ1) is 11.7. The van der Waals surface area contributed by atoms with Gasteiger partial charge in [-0.25, -0.2) is 0 Å². The monoisotopic (exact) mass is 230 g/mol. The third kappa shape index (κ3) is 3.10. The highest BCUT2D eigenvalue weighted by Gasteiger charge is 2.07. The predicted octanol–water partition coefficient (Wildman–Crippen LogP) is 3.46. The molecule has 0 heterocycles. The highest BCUT2D eigenvalue weighted by molar-refractivity contribution is 7.80. The molecule has 1 atom stereocenters. The minimum Gasteiger partial charge on any atom is -0.496 e. The van der Waals surface area contributed by atoms with Gasteiger partial charge < -0.3 is 4.74 Å². The number of ether oxygens (including phenoxy) is 1. The maximum Gasteiger partial charge on any atom is 0.122 e. The number of hydrogen-bond donors (Lipinski definition) is 1. The van der Waals surface area contributed by atoms with Crippen molar-refractivity contribution in [2.45, 2.75) is 13.3 Å². The normalized spacial score (nSPS) is 12.6. The number of rotatable bonds is 4. The summed E-state index contributed by atoms with van der Waals surface area (Å²) in [6.45, 7) is 2.16. The van der Waals surface area contributed by atoms with E-state index in [1.807, 2.05) is 18.2 Å². The quantitative estimate of drug-likeness (QED) is 0.780. The van der Waals surface area contributed by atoms with Gasteiger partial charge in [0, 0.05) is 5.02 Å². The van der Waals surface area contributed by atoms with Crippen molar-refractivity contribution in [1.29, 1.82) is 0 Å². The topological polar surface area (TPSA) is 9.23 Å². The highest BCUT2D eigenvalue weighted by atomic mass is 35.5. The van der Waals surface area contributed by atoms with Gasteiger partial charge in [0.2, 0.25) is 0 Å². The zero-order chi connectivity index (χ0) is 10.6. The lowest BCUT2D eigenvalue weighted by Crippen LogP contribution is -2.02. The van der Waals surface area contributed by atoms with E-state index in [1.165, 1.54) is 0 Å². The molecular formula is C11H15ClOS. The van der Waals surface area contributed by atoms with Crippen molar-refractivity contribution in [1.82, 2.24) is 0 Å². The number of benzene rings is 1. The Balaban J connectivity index is 2.87. The van der Waals surface area contributed by atoms with Gasteiger partial charge >= 0.3 is 0 Å². The molecule has 0 bridgehead atoms. The van der Waals surface area contributed by atoms with Gasteiger partial charge in [0.1, 0.15) is 5.75 Å². The molecule has 3 heteroatoms. The lowest BCUT2D eigenvalue weighted by Gasteiger charge is -2.12. The van der Waals surface area contributed by atoms with Crippen molar-refractivity contribution in [3.63, 3.8) is 0 Å². The molecule has 0 aliphatic carbocycles. The van der Waals surface area contributed by atoms with Crippen LogP contribution in [0, 0.1) is 5.92 Å². The van der Waals surface area contributed by atoms with Crippen LogP contribution in [0.3, 0.4) is 0 Å². The number of hydrogen-bond acceptors (Lipinski definition) is 2. The number of methoxy groups -OCH3 is 1. The van der Waals surface area contributed by atoms with Crippen molar-refractivity contribution in [3.05, 3.63) is 28.8 Å². The third-order valence-electron chi connectivity index (χ3n) is 2.12. The molecule has 1 unspecified atom stereocenters. The van der Waals surface area contributed by atoms with Crippen LogP contribution in [-0.2, 0) is 6.42 Å². The van der Waals surface area contributed by atoms with Crippen LogP contribution in [0.25, 0.3) is 0 Å². The first-order chi connectivity index (χ1) is 6.67. The fraction of sp³-hybridized carbons (Fsp3) is 0.455. The van der Waals surface area contributed by atoms with Crippen LogP contribution in [0.15, 0.2) is 18.2 Å². The van der Waals surface area contributed by atoms with Crippen LogP contribution in [0.4, 0.5) is 0 Å². The Morgan fingerprint density at radius 1 is 1.50 bits per heavy atom. The molecule has 0 amide bonds. The zero-order valence-corrected chi connectivity index (χ0v) is 10.1. The summed E-state index contributed by atoms with van der Waals surface area (Å²) in [5.74, 6) is 2.31. The number of thiol groups is 1. The second kappa shape index (κ2) is 5.52. The molecule has 0 aliphatic heterocycles. The molecule has 0 spiro atoms. The van der Waals surface area contributed by atoms with E-state index in [0.717, 1.165) is 28.5 Å². The summed E-state index contributed by atoms with van der Waals surface area (Å²) < 4.78 is 5.26. The Hall–Kier alpha value is -0.340. The van der Waals surface area contributed by atoms with Crippen LogP contribution in [-0.4, -0.2) is 12.9 Å². The van der Waals surface area contributed by atoms with Crippen LogP contribution in [0.1, 0.15) is 12.5 Å². The first-order valence-corrected chi connectivity index (χ1v) is 5.61. The van der Waals surface area contributed by atoms with Gasteiger partial charge in [-0.05, 0) is 41.9 Å². The van der Waals surface area contributed by atoms with Crippen molar-refractivity contribution in [2.24, 2.45) is 5.92 Å². The summed E-state index contributed by atoms with van der Waals surface area (Å²) >= 11 is 10.2. The Bertz CT molecular complexity index is 301. The molecule has 0 N–H and O–H groups in total. The molecule has 14 heavy (non-hydrogen) atoms. The lowest BCUT2D eigenvalue weighted by atomic mass is 10.0. The van der Waals surface area contributed by atoms with Gasteiger partial charge in [-0.1, -0.05) is 18.5 Å². The van der Waals surface area contributed by atoms with Gasteiger partial charge in [-0.2, -0.15) is 12.6 Å². The van der Waals surface area contributed by atoms with Crippen LogP contribution in [0.2, 0.25) is 5.02 Å². The lowest BCUT2D eigenvalue weighted by molar-refractivity contribution is 0.407. The third-order valence-corrected chi connectivity index (χ3v) is 2.98. The van der Waals surface area contributed by atoms with E-state index in [2.05, 4.69) is 19.6 Å². The van der Waals surface area contributed by atoms with Gasteiger partial charge in [-0.3, -0.25) is 0 Å². The zero-order valence-electron chi connectivity index (χ0n) is 8.46. The highest BCUT2D eigenvalue weighted by Crippen LogP contribution is 2.25. The van der Waals surface area contributed by atoms with E-state index in [0.29, 0.717) is 5.92 Å². The first-order valence-electron chi connectivity index (χ1n) is 4.60. The van der Waals surface area contributed by atoms with E-state index in [4.69, 9.17) is 16.3 Å². The SMILES string of the molecule is COc1ccc(Cl)cc1CC(C)CS. The van der Waals surface area contributed by atoms with Gasteiger partial charge in [0.05, 0.1) is 7.11 Å². The average molecular weight is 231 g/mol. The van der Waals surface area contributed by atoms with E-state index in [-0.39, 0.29) is 0 Å². The van der Waals surface area contributed by atoms with Crippen molar-refractivity contribution >= 4 is 24.2 Å². The average Bonchev–Trinajstić information content (AvgIpc) is 2.18. The van der Waals surface area contributed by atoms with E-state index >= 15 is 0 Å². The van der Waals surface area contributed by atoms with Crippen molar-refractivity contribution in [2.75, 3.05) is 12.9 Å². The predicted molar refractivity (Wildman–Crippen MR) is 64.7 cm³/mol. The molecule has 1 aromatic carbocycles. The largest absolute Gasteiger partial charge is 0.496 e. The van der Waals surface area contributed by atoms with E-state index in [1.54, 1.807) is 7.11 Å². The molecule has 78 valence electrons. The molecule has 0 fully saturated rings. The van der Waals surface area contributed by atoms with Gasteiger partial charge in [0.15, 0.2) is 0 Å². The molecule has 0 saturated heterocycles. The van der Waals surface area contributed by atoms with Crippen LogP contribution in [0.5, 0.6) is 5.75 Å². The maximum atomic E-state index is 5.93. The summed E-state index contributed by atoms with van der Waals surface area (Å²) in [6, 6.07) is 5.71. The van der Waals surface area contributed by atoms with Crippen molar-refractivity contribution in [3.8, 4) is 5.75 Å². The second-order valence-corrected chi connectivity index (χ2v) is 4.25. The second-order valence-electron chi connectivity index (χ2n) is 3.45. The molecule has 0 aliphatic rings. The van der Waals surface area contributed by atoms with Gasteiger partial charge in [0.25, 0.3) is 0 Å². The fourth-order valence-electron chi connectivity index (χ4n) is 1.35. The Morgan fingerprint density at radius 3 is 2.79 bits per heavy atom. The molecular weight excluding hydrogens is 216 g/mol. The summed E-state index contributed by atoms with van der Waals surface area (Å²) in [4.78, 5) is 0. The fourth-order valence-corrected chi connectivity index (χ4v) is 1.67. The molecule has 1 aromatic rings. The maximum absolute atomic E-state index is 5.93. The summed E-state index contributed by atoms with van der Waals surface area (Å²) in [6.07, 6.45) is 0.952.